The third-order valence-electron chi connectivity index (χ3n) is 2.73. The van der Waals surface area contributed by atoms with Crippen LogP contribution in [0, 0.1) is 0 Å². The second-order valence-corrected chi connectivity index (χ2v) is 5.11. The molecule has 0 radical (unpaired) electrons. The molecule has 1 aromatic heterocycles. The van der Waals surface area contributed by atoms with Crippen molar-refractivity contribution in [1.82, 2.24) is 15.5 Å². The highest BCUT2D eigenvalue weighted by atomic mass is 32.2. The molecule has 1 aromatic rings. The molecule has 0 aromatic carbocycles. The van der Waals surface area contributed by atoms with E-state index in [1.807, 2.05) is 25.7 Å². The standard InChI is InChI=1S/C10H18N4OS/c1-8(11-2)9-12-13-10(15-9)14-4-3-6-16-7-5-14/h8,11H,3-7H2,1-2H3. The fourth-order valence-corrected chi connectivity index (χ4v) is 2.48. The molecule has 2 heterocycles. The fraction of sp³-hybridized carbons (Fsp3) is 0.800. The smallest absolute Gasteiger partial charge is 0.318 e. The monoisotopic (exact) mass is 242 g/mol. The average Bonchev–Trinajstić information content (AvgIpc) is 2.64. The Bertz CT molecular complexity index is 322. The highest BCUT2D eigenvalue weighted by Crippen LogP contribution is 2.20. The Kier molecular flexibility index (Phi) is 4.06. The average molecular weight is 242 g/mol. The first kappa shape index (κ1) is 11.7. The second kappa shape index (κ2) is 5.54. The summed E-state index contributed by atoms with van der Waals surface area (Å²) in [6, 6.07) is 0.780. The number of hydrogen-bond acceptors (Lipinski definition) is 6. The molecule has 1 aliphatic rings. The van der Waals surface area contributed by atoms with E-state index >= 15 is 0 Å². The van der Waals surface area contributed by atoms with E-state index in [0.717, 1.165) is 18.8 Å². The van der Waals surface area contributed by atoms with Crippen LogP contribution < -0.4 is 10.2 Å². The Balaban J connectivity index is 2.05. The maximum atomic E-state index is 5.66. The van der Waals surface area contributed by atoms with Crippen molar-refractivity contribution in [2.45, 2.75) is 19.4 Å². The lowest BCUT2D eigenvalue weighted by atomic mass is 10.3. The van der Waals surface area contributed by atoms with Crippen molar-refractivity contribution in [3.63, 3.8) is 0 Å². The number of nitrogens with zero attached hydrogens (tertiary/aromatic N) is 3. The van der Waals surface area contributed by atoms with Crippen LogP contribution in [0.1, 0.15) is 25.3 Å². The van der Waals surface area contributed by atoms with Gasteiger partial charge in [0.2, 0.25) is 5.89 Å². The molecule has 0 amide bonds. The SMILES string of the molecule is CNC(C)c1nnc(N2CCCSCC2)o1. The maximum Gasteiger partial charge on any atom is 0.318 e. The Morgan fingerprint density at radius 1 is 1.38 bits per heavy atom. The van der Waals surface area contributed by atoms with Gasteiger partial charge in [-0.15, -0.1) is 5.10 Å². The molecule has 0 bridgehead atoms. The second-order valence-electron chi connectivity index (χ2n) is 3.89. The molecule has 1 aliphatic heterocycles. The summed E-state index contributed by atoms with van der Waals surface area (Å²) in [6.07, 6.45) is 1.18. The van der Waals surface area contributed by atoms with Crippen LogP contribution >= 0.6 is 11.8 Å². The third kappa shape index (κ3) is 2.68. The summed E-state index contributed by atoms with van der Waals surface area (Å²) in [5.41, 5.74) is 0. The van der Waals surface area contributed by atoms with Gasteiger partial charge in [0, 0.05) is 18.8 Å². The van der Waals surface area contributed by atoms with E-state index in [-0.39, 0.29) is 6.04 Å². The molecule has 90 valence electrons. The summed E-state index contributed by atoms with van der Waals surface area (Å²) < 4.78 is 5.66. The predicted octanol–water partition coefficient (Wildman–Crippen LogP) is 1.29. The summed E-state index contributed by atoms with van der Waals surface area (Å²) in [7, 11) is 1.89. The normalized spacial score (nSPS) is 19.5. The van der Waals surface area contributed by atoms with Gasteiger partial charge >= 0.3 is 6.01 Å². The Hall–Kier alpha value is -0.750. The van der Waals surface area contributed by atoms with Gasteiger partial charge in [-0.05, 0) is 26.1 Å². The van der Waals surface area contributed by atoms with Crippen molar-refractivity contribution in [1.29, 1.82) is 0 Å². The molecule has 1 unspecified atom stereocenters. The minimum atomic E-state index is 0.114. The van der Waals surface area contributed by atoms with Crippen LogP contribution in [-0.4, -0.2) is 41.8 Å². The highest BCUT2D eigenvalue weighted by Gasteiger charge is 2.18. The molecular formula is C10H18N4OS. The van der Waals surface area contributed by atoms with E-state index in [0.29, 0.717) is 11.9 Å². The number of thioether (sulfide) groups is 1. The Labute approximate surface area is 100.0 Å². The summed E-state index contributed by atoms with van der Waals surface area (Å²) in [5, 5.41) is 11.3. The molecule has 2 rings (SSSR count). The largest absolute Gasteiger partial charge is 0.406 e. The van der Waals surface area contributed by atoms with Crippen LogP contribution in [0.4, 0.5) is 6.01 Å². The number of aromatic nitrogens is 2. The summed E-state index contributed by atoms with van der Waals surface area (Å²) in [5.74, 6) is 3.03. The number of nitrogens with one attached hydrogen (secondary N) is 1. The molecule has 6 heteroatoms. The van der Waals surface area contributed by atoms with Gasteiger partial charge in [-0.2, -0.15) is 11.8 Å². The number of rotatable bonds is 3. The van der Waals surface area contributed by atoms with E-state index in [4.69, 9.17) is 4.42 Å². The van der Waals surface area contributed by atoms with Crippen LogP contribution in [0.25, 0.3) is 0 Å². The van der Waals surface area contributed by atoms with Gasteiger partial charge in [0.1, 0.15) is 0 Å². The van der Waals surface area contributed by atoms with E-state index in [1.165, 1.54) is 12.2 Å². The quantitative estimate of drug-likeness (QED) is 0.862. The lowest BCUT2D eigenvalue weighted by Crippen LogP contribution is -2.25. The highest BCUT2D eigenvalue weighted by molar-refractivity contribution is 7.99. The molecule has 1 atom stereocenters. The van der Waals surface area contributed by atoms with Crippen LogP contribution in [0.2, 0.25) is 0 Å². The first-order valence-electron chi connectivity index (χ1n) is 5.64. The summed E-state index contributed by atoms with van der Waals surface area (Å²) in [4.78, 5) is 2.18. The van der Waals surface area contributed by atoms with Crippen LogP contribution in [0.15, 0.2) is 4.42 Å². The van der Waals surface area contributed by atoms with Crippen LogP contribution in [0.5, 0.6) is 0 Å². The molecule has 1 saturated heterocycles. The van der Waals surface area contributed by atoms with E-state index < -0.39 is 0 Å². The Morgan fingerprint density at radius 2 is 2.25 bits per heavy atom. The molecule has 5 nitrogen and oxygen atoms in total. The molecule has 0 saturated carbocycles. The van der Waals surface area contributed by atoms with Gasteiger partial charge < -0.3 is 14.6 Å². The van der Waals surface area contributed by atoms with Crippen molar-refractivity contribution in [2.24, 2.45) is 0 Å². The predicted molar refractivity (Wildman–Crippen MR) is 65.9 cm³/mol. The molecule has 0 aliphatic carbocycles. The first-order valence-corrected chi connectivity index (χ1v) is 6.80. The van der Waals surface area contributed by atoms with Gasteiger partial charge in [-0.25, -0.2) is 0 Å². The van der Waals surface area contributed by atoms with Gasteiger partial charge in [0.25, 0.3) is 0 Å². The lowest BCUT2D eigenvalue weighted by Gasteiger charge is -2.16. The lowest BCUT2D eigenvalue weighted by molar-refractivity contribution is 0.430. The number of hydrogen-bond donors (Lipinski definition) is 1. The van der Waals surface area contributed by atoms with Crippen molar-refractivity contribution < 1.29 is 4.42 Å². The van der Waals surface area contributed by atoms with Gasteiger partial charge in [-0.3, -0.25) is 0 Å². The zero-order valence-electron chi connectivity index (χ0n) is 9.77. The molecule has 0 spiro atoms. The zero-order chi connectivity index (χ0) is 11.4. The Morgan fingerprint density at radius 3 is 3.06 bits per heavy atom. The van der Waals surface area contributed by atoms with E-state index in [1.54, 1.807) is 0 Å². The molecule has 16 heavy (non-hydrogen) atoms. The van der Waals surface area contributed by atoms with Crippen molar-refractivity contribution >= 4 is 17.8 Å². The third-order valence-corrected chi connectivity index (χ3v) is 3.77. The van der Waals surface area contributed by atoms with E-state index in [2.05, 4.69) is 20.4 Å². The summed E-state index contributed by atoms with van der Waals surface area (Å²) in [6.45, 7) is 4.03. The fourth-order valence-electron chi connectivity index (χ4n) is 1.59. The number of anilines is 1. The summed E-state index contributed by atoms with van der Waals surface area (Å²) >= 11 is 1.99. The topological polar surface area (TPSA) is 54.2 Å². The van der Waals surface area contributed by atoms with Crippen LogP contribution in [0.3, 0.4) is 0 Å². The van der Waals surface area contributed by atoms with Crippen molar-refractivity contribution in [3.05, 3.63) is 5.89 Å². The minimum absolute atomic E-state index is 0.114. The zero-order valence-corrected chi connectivity index (χ0v) is 10.6. The van der Waals surface area contributed by atoms with Crippen molar-refractivity contribution in [2.75, 3.05) is 36.5 Å². The van der Waals surface area contributed by atoms with Crippen LogP contribution in [-0.2, 0) is 0 Å². The minimum Gasteiger partial charge on any atom is -0.406 e. The van der Waals surface area contributed by atoms with Gasteiger partial charge in [-0.1, -0.05) is 5.10 Å². The first-order chi connectivity index (χ1) is 7.81. The molecular weight excluding hydrogens is 224 g/mol. The maximum absolute atomic E-state index is 5.66. The van der Waals surface area contributed by atoms with Gasteiger partial charge in [0.05, 0.1) is 6.04 Å². The van der Waals surface area contributed by atoms with Gasteiger partial charge in [0.15, 0.2) is 0 Å². The molecule has 1 fully saturated rings. The molecule has 1 N–H and O–H groups in total. The van der Waals surface area contributed by atoms with E-state index in [9.17, 15) is 0 Å². The van der Waals surface area contributed by atoms with Crippen molar-refractivity contribution in [3.8, 4) is 0 Å².